The van der Waals surface area contributed by atoms with Crippen LogP contribution in [0.25, 0.3) is 11.3 Å². The number of rotatable bonds is 3. The van der Waals surface area contributed by atoms with E-state index in [0.29, 0.717) is 11.3 Å². The highest BCUT2D eigenvalue weighted by molar-refractivity contribution is 6.31. The lowest BCUT2D eigenvalue weighted by Gasteiger charge is -2.08. The van der Waals surface area contributed by atoms with Crippen LogP contribution in [0.2, 0.25) is 5.02 Å². The van der Waals surface area contributed by atoms with Crippen LogP contribution < -0.4 is 5.73 Å². The molecule has 0 saturated carbocycles. The molecular formula is C12H11ClFN3O. The Bertz CT molecular complexity index is 565. The molecule has 1 aromatic carbocycles. The summed E-state index contributed by atoms with van der Waals surface area (Å²) >= 11 is 5.71. The lowest BCUT2D eigenvalue weighted by atomic mass is 10.1. The molecule has 0 radical (unpaired) electrons. The molecule has 94 valence electrons. The Morgan fingerprint density at radius 3 is 2.83 bits per heavy atom. The first kappa shape index (κ1) is 12.9. The summed E-state index contributed by atoms with van der Waals surface area (Å²) in [4.78, 5) is 8.09. The number of benzene rings is 1. The summed E-state index contributed by atoms with van der Waals surface area (Å²) in [6, 6.07) is 5.94. The lowest BCUT2D eigenvalue weighted by molar-refractivity contribution is 0.176. The predicted octanol–water partition coefficient (Wildman–Crippen LogP) is 1.93. The maximum atomic E-state index is 13.1. The van der Waals surface area contributed by atoms with Crippen molar-refractivity contribution in [1.29, 1.82) is 0 Å². The first-order chi connectivity index (χ1) is 8.61. The van der Waals surface area contributed by atoms with E-state index in [9.17, 15) is 9.50 Å². The zero-order chi connectivity index (χ0) is 13.1. The van der Waals surface area contributed by atoms with E-state index < -0.39 is 11.9 Å². The van der Waals surface area contributed by atoms with Gasteiger partial charge in [-0.2, -0.15) is 0 Å². The summed E-state index contributed by atoms with van der Waals surface area (Å²) in [5, 5.41) is 9.58. The van der Waals surface area contributed by atoms with E-state index >= 15 is 0 Å². The zero-order valence-corrected chi connectivity index (χ0v) is 10.1. The molecule has 0 aliphatic heterocycles. The molecule has 0 aliphatic rings. The maximum Gasteiger partial charge on any atom is 0.158 e. The van der Waals surface area contributed by atoms with Crippen LogP contribution in [0.4, 0.5) is 4.39 Å². The first-order valence-corrected chi connectivity index (χ1v) is 5.66. The fourth-order valence-corrected chi connectivity index (χ4v) is 1.64. The van der Waals surface area contributed by atoms with E-state index in [4.69, 9.17) is 17.3 Å². The van der Waals surface area contributed by atoms with Gasteiger partial charge in [0.25, 0.3) is 0 Å². The van der Waals surface area contributed by atoms with Gasteiger partial charge in [-0.15, -0.1) is 0 Å². The van der Waals surface area contributed by atoms with Crippen LogP contribution in [-0.4, -0.2) is 21.6 Å². The average Bonchev–Trinajstić information content (AvgIpc) is 2.41. The second-order valence-corrected chi connectivity index (χ2v) is 4.09. The fourth-order valence-electron chi connectivity index (χ4n) is 1.46. The average molecular weight is 268 g/mol. The van der Waals surface area contributed by atoms with Crippen molar-refractivity contribution in [3.63, 3.8) is 0 Å². The molecule has 6 heteroatoms. The topological polar surface area (TPSA) is 72.0 Å². The van der Waals surface area contributed by atoms with Gasteiger partial charge in [0.15, 0.2) is 5.82 Å². The summed E-state index contributed by atoms with van der Waals surface area (Å²) < 4.78 is 13.1. The van der Waals surface area contributed by atoms with Crippen LogP contribution in [0.1, 0.15) is 11.9 Å². The molecule has 0 fully saturated rings. The van der Waals surface area contributed by atoms with Crippen molar-refractivity contribution in [2.45, 2.75) is 6.10 Å². The van der Waals surface area contributed by atoms with Crippen LogP contribution in [0.5, 0.6) is 0 Å². The number of hydrogen-bond acceptors (Lipinski definition) is 4. The van der Waals surface area contributed by atoms with E-state index in [1.165, 1.54) is 18.3 Å². The van der Waals surface area contributed by atoms with Crippen LogP contribution >= 0.6 is 11.6 Å². The highest BCUT2D eigenvalue weighted by Crippen LogP contribution is 2.23. The molecule has 2 aromatic rings. The SMILES string of the molecule is NCC(O)c1nccc(-c2ccc(F)c(Cl)c2)n1. The normalized spacial score (nSPS) is 12.4. The Morgan fingerprint density at radius 1 is 1.39 bits per heavy atom. The number of nitrogens with zero attached hydrogens (tertiary/aromatic N) is 2. The third-order valence-electron chi connectivity index (χ3n) is 2.41. The van der Waals surface area contributed by atoms with Gasteiger partial charge in [0, 0.05) is 18.3 Å². The van der Waals surface area contributed by atoms with Crippen molar-refractivity contribution in [3.05, 3.63) is 47.1 Å². The van der Waals surface area contributed by atoms with E-state index in [2.05, 4.69) is 9.97 Å². The molecule has 2 rings (SSSR count). The summed E-state index contributed by atoms with van der Waals surface area (Å²) in [5.41, 5.74) is 6.53. The van der Waals surface area contributed by atoms with Crippen molar-refractivity contribution < 1.29 is 9.50 Å². The van der Waals surface area contributed by atoms with Crippen molar-refractivity contribution in [2.75, 3.05) is 6.54 Å². The second kappa shape index (κ2) is 5.39. The zero-order valence-electron chi connectivity index (χ0n) is 9.35. The van der Waals surface area contributed by atoms with Gasteiger partial charge in [-0.3, -0.25) is 0 Å². The molecule has 0 bridgehead atoms. The molecular weight excluding hydrogens is 257 g/mol. The second-order valence-electron chi connectivity index (χ2n) is 3.68. The lowest BCUT2D eigenvalue weighted by Crippen LogP contribution is -2.14. The van der Waals surface area contributed by atoms with Crippen molar-refractivity contribution >= 4 is 11.6 Å². The minimum Gasteiger partial charge on any atom is -0.384 e. The first-order valence-electron chi connectivity index (χ1n) is 5.28. The Balaban J connectivity index is 2.41. The monoisotopic (exact) mass is 267 g/mol. The van der Waals surface area contributed by atoms with Crippen LogP contribution in [0.15, 0.2) is 30.5 Å². The molecule has 0 spiro atoms. The van der Waals surface area contributed by atoms with Crippen LogP contribution in [0, 0.1) is 5.82 Å². The Hall–Kier alpha value is -1.56. The summed E-state index contributed by atoms with van der Waals surface area (Å²) in [7, 11) is 0. The van der Waals surface area contributed by atoms with E-state index in [1.807, 2.05) is 0 Å². The highest BCUT2D eigenvalue weighted by atomic mass is 35.5. The molecule has 1 atom stereocenters. The Morgan fingerprint density at radius 2 is 2.17 bits per heavy atom. The van der Waals surface area contributed by atoms with Crippen LogP contribution in [-0.2, 0) is 0 Å². The van der Waals surface area contributed by atoms with Gasteiger partial charge in [-0.25, -0.2) is 14.4 Å². The van der Waals surface area contributed by atoms with Gasteiger partial charge < -0.3 is 10.8 Å². The van der Waals surface area contributed by atoms with Crippen molar-refractivity contribution in [3.8, 4) is 11.3 Å². The molecule has 0 amide bonds. The number of halogens is 2. The van der Waals surface area contributed by atoms with Gasteiger partial charge in [-0.1, -0.05) is 11.6 Å². The number of aromatic nitrogens is 2. The van der Waals surface area contributed by atoms with Gasteiger partial charge in [0.1, 0.15) is 11.9 Å². The van der Waals surface area contributed by atoms with Crippen molar-refractivity contribution in [1.82, 2.24) is 9.97 Å². The fraction of sp³-hybridized carbons (Fsp3) is 0.167. The third-order valence-corrected chi connectivity index (χ3v) is 2.70. The van der Waals surface area contributed by atoms with Gasteiger partial charge in [0.05, 0.1) is 10.7 Å². The highest BCUT2D eigenvalue weighted by Gasteiger charge is 2.10. The van der Waals surface area contributed by atoms with Gasteiger partial charge >= 0.3 is 0 Å². The minimum absolute atomic E-state index is 0.0204. The standard InChI is InChI=1S/C12H11ClFN3O/c13-8-5-7(1-2-9(8)14)10-3-4-16-12(17-10)11(18)6-15/h1-5,11,18H,6,15H2. The molecule has 1 aromatic heterocycles. The van der Waals surface area contributed by atoms with E-state index in [1.54, 1.807) is 12.1 Å². The smallest absolute Gasteiger partial charge is 0.158 e. The molecule has 1 unspecified atom stereocenters. The summed E-state index contributed by atoms with van der Waals surface area (Å²) in [6.07, 6.45) is 0.592. The minimum atomic E-state index is -0.916. The van der Waals surface area contributed by atoms with Crippen molar-refractivity contribution in [2.24, 2.45) is 5.73 Å². The molecule has 18 heavy (non-hydrogen) atoms. The van der Waals surface area contributed by atoms with Gasteiger partial charge in [0.2, 0.25) is 0 Å². The summed E-state index contributed by atoms with van der Waals surface area (Å²) in [6.45, 7) is 0.0353. The number of aliphatic hydroxyl groups excluding tert-OH is 1. The van der Waals surface area contributed by atoms with Gasteiger partial charge in [-0.05, 0) is 24.3 Å². The number of aliphatic hydroxyl groups is 1. The maximum absolute atomic E-state index is 13.1. The largest absolute Gasteiger partial charge is 0.384 e. The number of hydrogen-bond donors (Lipinski definition) is 2. The Kier molecular flexibility index (Phi) is 3.86. The Labute approximate surface area is 108 Å². The predicted molar refractivity (Wildman–Crippen MR) is 66.5 cm³/mol. The number of nitrogens with two attached hydrogens (primary N) is 1. The molecule has 3 N–H and O–H groups in total. The molecule has 0 saturated heterocycles. The third kappa shape index (κ3) is 2.64. The molecule has 4 nitrogen and oxygen atoms in total. The quantitative estimate of drug-likeness (QED) is 0.891. The van der Waals surface area contributed by atoms with E-state index in [-0.39, 0.29) is 17.4 Å². The van der Waals surface area contributed by atoms with Crippen LogP contribution in [0.3, 0.4) is 0 Å². The van der Waals surface area contributed by atoms with E-state index in [0.717, 1.165) is 0 Å². The summed E-state index contributed by atoms with van der Waals surface area (Å²) in [5.74, 6) is -0.257. The molecule has 1 heterocycles. The molecule has 0 aliphatic carbocycles.